The van der Waals surface area contributed by atoms with E-state index in [1.807, 2.05) is 17.0 Å². The number of hydrogen-bond acceptors (Lipinski definition) is 4. The Balaban J connectivity index is 1.48. The maximum Gasteiger partial charge on any atom is 0.222 e. The molecule has 0 aromatic heterocycles. The van der Waals surface area contributed by atoms with Crippen molar-refractivity contribution < 1.29 is 9.53 Å². The van der Waals surface area contributed by atoms with Gasteiger partial charge in [0.15, 0.2) is 5.96 Å². The first-order valence-electron chi connectivity index (χ1n) is 11.2. The first kappa shape index (κ1) is 22.6. The molecular weight excluding hydrogens is 378 g/mol. The van der Waals surface area contributed by atoms with Gasteiger partial charge in [0.05, 0.1) is 12.7 Å². The number of hydrogen-bond donors (Lipinski definition) is 2. The van der Waals surface area contributed by atoms with Crippen LogP contribution in [0.5, 0.6) is 0 Å². The van der Waals surface area contributed by atoms with E-state index in [4.69, 9.17) is 4.74 Å². The van der Waals surface area contributed by atoms with Crippen molar-refractivity contribution in [1.29, 1.82) is 0 Å². The van der Waals surface area contributed by atoms with E-state index in [-0.39, 0.29) is 12.0 Å². The summed E-state index contributed by atoms with van der Waals surface area (Å²) in [6.45, 7) is 11.3. The molecule has 1 aromatic rings. The zero-order valence-corrected chi connectivity index (χ0v) is 18.7. The van der Waals surface area contributed by atoms with E-state index in [0.29, 0.717) is 25.4 Å². The summed E-state index contributed by atoms with van der Waals surface area (Å²) in [5.74, 6) is 1.70. The first-order valence-corrected chi connectivity index (χ1v) is 11.2. The highest BCUT2D eigenvalue weighted by Crippen LogP contribution is 2.17. The van der Waals surface area contributed by atoms with Gasteiger partial charge in [-0.15, -0.1) is 0 Å². The van der Waals surface area contributed by atoms with E-state index in [2.05, 4.69) is 46.5 Å². The van der Waals surface area contributed by atoms with Gasteiger partial charge >= 0.3 is 0 Å². The molecule has 2 heterocycles. The maximum atomic E-state index is 12.0. The number of morpholine rings is 1. The molecule has 1 aromatic carbocycles. The van der Waals surface area contributed by atoms with Crippen LogP contribution in [0.4, 0.5) is 0 Å². The molecule has 0 saturated carbocycles. The standard InChI is InChI=1S/C23H37N5O2/c1-18(2)15-27-11-12-30-21(17-27)14-26-23(24-3)25-13-19-7-4-5-8-20(19)16-28-10-6-9-22(28)29/h4-5,7-8,18,21H,6,9-17H2,1-3H3,(H2,24,25,26). The second kappa shape index (κ2) is 11.3. The van der Waals surface area contributed by atoms with Crippen molar-refractivity contribution in [2.75, 3.05) is 46.4 Å². The monoisotopic (exact) mass is 415 g/mol. The Morgan fingerprint density at radius 2 is 2.03 bits per heavy atom. The minimum atomic E-state index is 0.171. The molecule has 30 heavy (non-hydrogen) atoms. The third kappa shape index (κ3) is 6.71. The number of amides is 1. The number of rotatable bonds is 8. The first-order chi connectivity index (χ1) is 14.5. The van der Waals surface area contributed by atoms with Gasteiger partial charge in [-0.3, -0.25) is 14.7 Å². The minimum Gasteiger partial charge on any atom is -0.374 e. The number of nitrogens with one attached hydrogen (secondary N) is 2. The second-order valence-electron chi connectivity index (χ2n) is 8.64. The van der Waals surface area contributed by atoms with Crippen molar-refractivity contribution in [3.05, 3.63) is 35.4 Å². The van der Waals surface area contributed by atoms with Crippen LogP contribution in [0.25, 0.3) is 0 Å². The van der Waals surface area contributed by atoms with Crippen molar-refractivity contribution in [2.45, 2.75) is 45.9 Å². The molecular formula is C23H37N5O2. The van der Waals surface area contributed by atoms with Crippen LogP contribution in [0.1, 0.15) is 37.8 Å². The molecule has 0 aliphatic carbocycles. The fourth-order valence-electron chi connectivity index (χ4n) is 4.16. The highest BCUT2D eigenvalue weighted by molar-refractivity contribution is 5.79. The maximum absolute atomic E-state index is 12.0. The van der Waals surface area contributed by atoms with E-state index in [9.17, 15) is 4.79 Å². The third-order valence-corrected chi connectivity index (χ3v) is 5.66. The number of guanidine groups is 1. The Morgan fingerprint density at radius 3 is 2.73 bits per heavy atom. The predicted octanol–water partition coefficient (Wildman–Crippen LogP) is 1.83. The van der Waals surface area contributed by atoms with Crippen LogP contribution in [-0.2, 0) is 22.6 Å². The van der Waals surface area contributed by atoms with Gasteiger partial charge in [0.25, 0.3) is 0 Å². The number of likely N-dealkylation sites (tertiary alicyclic amines) is 1. The van der Waals surface area contributed by atoms with Crippen molar-refractivity contribution in [1.82, 2.24) is 20.4 Å². The highest BCUT2D eigenvalue weighted by atomic mass is 16.5. The molecule has 7 nitrogen and oxygen atoms in total. The van der Waals surface area contributed by atoms with Crippen molar-refractivity contribution in [3.63, 3.8) is 0 Å². The molecule has 1 unspecified atom stereocenters. The zero-order chi connectivity index (χ0) is 21.3. The molecule has 3 rings (SSSR count). The lowest BCUT2D eigenvalue weighted by atomic mass is 10.1. The molecule has 7 heteroatoms. The molecule has 2 aliphatic heterocycles. The number of aliphatic imine (C=N–C) groups is 1. The van der Waals surface area contributed by atoms with Gasteiger partial charge in [-0.25, -0.2) is 0 Å². The van der Waals surface area contributed by atoms with Gasteiger partial charge in [-0.1, -0.05) is 38.1 Å². The van der Waals surface area contributed by atoms with E-state index in [1.54, 1.807) is 7.05 Å². The van der Waals surface area contributed by atoms with E-state index < -0.39 is 0 Å². The minimum absolute atomic E-state index is 0.171. The SMILES string of the molecule is CN=C(NCc1ccccc1CN1CCCC1=O)NCC1CN(CC(C)C)CCO1. The summed E-state index contributed by atoms with van der Waals surface area (Å²) in [4.78, 5) is 20.8. The van der Waals surface area contributed by atoms with Gasteiger partial charge in [0.1, 0.15) is 0 Å². The lowest BCUT2D eigenvalue weighted by molar-refractivity contribution is -0.128. The number of ether oxygens (including phenoxy) is 1. The lowest BCUT2D eigenvalue weighted by Gasteiger charge is -2.34. The van der Waals surface area contributed by atoms with Crippen LogP contribution in [0.3, 0.4) is 0 Å². The molecule has 2 aliphatic rings. The smallest absolute Gasteiger partial charge is 0.222 e. The summed E-state index contributed by atoms with van der Waals surface area (Å²) >= 11 is 0. The van der Waals surface area contributed by atoms with Gasteiger partial charge < -0.3 is 20.3 Å². The summed E-state index contributed by atoms with van der Waals surface area (Å²) < 4.78 is 5.93. The van der Waals surface area contributed by atoms with Crippen LogP contribution in [0.15, 0.2) is 29.3 Å². The van der Waals surface area contributed by atoms with E-state index in [1.165, 1.54) is 11.1 Å². The van der Waals surface area contributed by atoms with Crippen molar-refractivity contribution >= 4 is 11.9 Å². The molecule has 166 valence electrons. The van der Waals surface area contributed by atoms with Crippen LogP contribution < -0.4 is 10.6 Å². The van der Waals surface area contributed by atoms with Gasteiger partial charge in [-0.05, 0) is 23.5 Å². The van der Waals surface area contributed by atoms with Crippen LogP contribution in [-0.4, -0.2) is 74.1 Å². The fourth-order valence-corrected chi connectivity index (χ4v) is 4.16. The average molecular weight is 416 g/mol. The van der Waals surface area contributed by atoms with Crippen molar-refractivity contribution in [3.8, 4) is 0 Å². The third-order valence-electron chi connectivity index (χ3n) is 5.66. The Kier molecular flexibility index (Phi) is 8.51. The number of carbonyl (C=O) groups excluding carboxylic acids is 1. The van der Waals surface area contributed by atoms with Gasteiger partial charge in [0, 0.05) is 59.3 Å². The Labute approximate surface area is 180 Å². The Hall–Kier alpha value is -2.12. The van der Waals surface area contributed by atoms with E-state index in [0.717, 1.165) is 51.7 Å². The van der Waals surface area contributed by atoms with Crippen LogP contribution in [0.2, 0.25) is 0 Å². The molecule has 2 fully saturated rings. The van der Waals surface area contributed by atoms with Gasteiger partial charge in [-0.2, -0.15) is 0 Å². The topological polar surface area (TPSA) is 69.2 Å². The summed E-state index contributed by atoms with van der Waals surface area (Å²) in [6, 6.07) is 8.31. The zero-order valence-electron chi connectivity index (χ0n) is 18.7. The Bertz CT molecular complexity index is 721. The van der Waals surface area contributed by atoms with Crippen LogP contribution in [0, 0.1) is 5.92 Å². The largest absolute Gasteiger partial charge is 0.374 e. The molecule has 2 N–H and O–H groups in total. The number of benzene rings is 1. The molecule has 2 saturated heterocycles. The summed E-state index contributed by atoms with van der Waals surface area (Å²) in [5.41, 5.74) is 2.38. The molecule has 0 spiro atoms. The number of nitrogens with zero attached hydrogens (tertiary/aromatic N) is 3. The molecule has 0 radical (unpaired) electrons. The highest BCUT2D eigenvalue weighted by Gasteiger charge is 2.22. The second-order valence-corrected chi connectivity index (χ2v) is 8.64. The average Bonchev–Trinajstić information content (AvgIpc) is 3.13. The Morgan fingerprint density at radius 1 is 1.23 bits per heavy atom. The quantitative estimate of drug-likeness (QED) is 0.501. The summed E-state index contributed by atoms with van der Waals surface area (Å²) in [7, 11) is 1.79. The molecule has 0 bridgehead atoms. The summed E-state index contributed by atoms with van der Waals surface area (Å²) in [5, 5.41) is 6.82. The predicted molar refractivity (Wildman–Crippen MR) is 120 cm³/mol. The fraction of sp³-hybridized carbons (Fsp3) is 0.652. The summed E-state index contributed by atoms with van der Waals surface area (Å²) in [6.07, 6.45) is 1.81. The van der Waals surface area contributed by atoms with Crippen molar-refractivity contribution in [2.24, 2.45) is 10.9 Å². The normalized spacial score (nSPS) is 20.8. The molecule has 1 amide bonds. The lowest BCUT2D eigenvalue weighted by Crippen LogP contribution is -2.50. The van der Waals surface area contributed by atoms with Crippen LogP contribution >= 0.6 is 0 Å². The van der Waals surface area contributed by atoms with E-state index >= 15 is 0 Å². The molecule has 1 atom stereocenters. The number of carbonyl (C=O) groups is 1. The van der Waals surface area contributed by atoms with Gasteiger partial charge in [0.2, 0.25) is 5.91 Å².